The highest BCUT2D eigenvalue weighted by atomic mass is 14.9. The summed E-state index contributed by atoms with van der Waals surface area (Å²) >= 11 is 0. The first kappa shape index (κ1) is 33.2. The zero-order valence-electron chi connectivity index (χ0n) is 31.9. The van der Waals surface area contributed by atoms with E-state index in [1.807, 2.05) is 0 Å². The van der Waals surface area contributed by atoms with Crippen LogP contribution >= 0.6 is 0 Å². The topological polar surface area (TPSA) is 25.8 Å². The zero-order chi connectivity index (χ0) is 38.1. The van der Waals surface area contributed by atoms with Gasteiger partial charge in [-0.1, -0.05) is 184 Å². The second-order valence-corrected chi connectivity index (χ2v) is 15.8. The van der Waals surface area contributed by atoms with Gasteiger partial charge in [-0.3, -0.25) is 0 Å². The number of aromatic nitrogens is 2. The fourth-order valence-electron chi connectivity index (χ4n) is 9.14. The first-order chi connectivity index (χ1) is 28.0. The highest BCUT2D eigenvalue weighted by Crippen LogP contribution is 2.49. The number of benzene rings is 9. The smallest absolute Gasteiger partial charge is 0.161 e. The van der Waals surface area contributed by atoms with Crippen molar-refractivity contribution in [2.45, 2.75) is 19.3 Å². The lowest BCUT2D eigenvalue weighted by Gasteiger charge is -2.21. The molecule has 2 heteroatoms. The first-order valence-corrected chi connectivity index (χ1v) is 19.7. The Hall–Kier alpha value is -7.16. The van der Waals surface area contributed by atoms with E-state index in [-0.39, 0.29) is 5.41 Å². The SMILES string of the molecule is CC1(C)c2ccccc2-c2cc(-c3cccc(-c4cc(-c5ccc(-c6ccccc6)cc5)nc(-c5c6ccccc6cc6c5ccc5ccccc56)n4)c3)ccc21. The van der Waals surface area contributed by atoms with E-state index >= 15 is 0 Å². The van der Waals surface area contributed by atoms with Crippen LogP contribution in [0.15, 0.2) is 194 Å². The molecule has 0 aliphatic heterocycles. The van der Waals surface area contributed by atoms with Crippen molar-refractivity contribution < 1.29 is 0 Å². The molecular weight excluding hydrogens is 689 g/mol. The van der Waals surface area contributed by atoms with E-state index in [0.717, 1.165) is 44.4 Å². The Labute approximate surface area is 332 Å². The quantitative estimate of drug-likeness (QED) is 0.130. The number of hydrogen-bond acceptors (Lipinski definition) is 2. The first-order valence-electron chi connectivity index (χ1n) is 19.7. The molecule has 1 aliphatic rings. The Bertz CT molecular complexity index is 3190. The summed E-state index contributed by atoms with van der Waals surface area (Å²) in [5, 5.41) is 7.09. The molecule has 9 aromatic carbocycles. The summed E-state index contributed by atoms with van der Waals surface area (Å²) in [6.45, 7) is 4.66. The van der Waals surface area contributed by atoms with Crippen LogP contribution < -0.4 is 0 Å². The zero-order valence-corrected chi connectivity index (χ0v) is 31.9. The van der Waals surface area contributed by atoms with Crippen LogP contribution in [0.25, 0.3) is 99.6 Å². The lowest BCUT2D eigenvalue weighted by atomic mass is 9.82. The van der Waals surface area contributed by atoms with E-state index in [2.05, 4.69) is 208 Å². The highest BCUT2D eigenvalue weighted by molar-refractivity contribution is 6.19. The van der Waals surface area contributed by atoms with Crippen molar-refractivity contribution in [1.29, 1.82) is 0 Å². The van der Waals surface area contributed by atoms with Gasteiger partial charge in [-0.2, -0.15) is 0 Å². The van der Waals surface area contributed by atoms with Crippen molar-refractivity contribution in [2.24, 2.45) is 0 Å². The minimum absolute atomic E-state index is 0.0303. The average molecular weight is 727 g/mol. The lowest BCUT2D eigenvalue weighted by Crippen LogP contribution is -2.14. The number of rotatable bonds is 5. The molecule has 0 fully saturated rings. The third kappa shape index (κ3) is 5.48. The molecule has 10 aromatic rings. The monoisotopic (exact) mass is 726 g/mol. The molecular formula is C55H38N2. The van der Waals surface area contributed by atoms with Gasteiger partial charge >= 0.3 is 0 Å². The van der Waals surface area contributed by atoms with Crippen molar-refractivity contribution in [3.63, 3.8) is 0 Å². The molecule has 11 rings (SSSR count). The molecule has 57 heavy (non-hydrogen) atoms. The fourth-order valence-corrected chi connectivity index (χ4v) is 9.14. The van der Waals surface area contributed by atoms with Gasteiger partial charge in [-0.15, -0.1) is 0 Å². The summed E-state index contributed by atoms with van der Waals surface area (Å²) in [6.07, 6.45) is 0. The van der Waals surface area contributed by atoms with Gasteiger partial charge in [-0.05, 0) is 101 Å². The van der Waals surface area contributed by atoms with Crippen molar-refractivity contribution in [2.75, 3.05) is 0 Å². The Morgan fingerprint density at radius 3 is 1.77 bits per heavy atom. The lowest BCUT2D eigenvalue weighted by molar-refractivity contribution is 0.660. The van der Waals surface area contributed by atoms with Gasteiger partial charge in [-0.25, -0.2) is 9.97 Å². The number of hydrogen-bond donors (Lipinski definition) is 0. The Kier molecular flexibility index (Phi) is 7.55. The molecule has 1 heterocycles. The van der Waals surface area contributed by atoms with Gasteiger partial charge in [0, 0.05) is 22.1 Å². The third-order valence-corrected chi connectivity index (χ3v) is 12.1. The summed E-state index contributed by atoms with van der Waals surface area (Å²) in [4.78, 5) is 10.9. The van der Waals surface area contributed by atoms with Crippen molar-refractivity contribution in [3.8, 4) is 67.3 Å². The van der Waals surface area contributed by atoms with E-state index in [0.29, 0.717) is 5.82 Å². The summed E-state index contributed by atoms with van der Waals surface area (Å²) in [7, 11) is 0. The average Bonchev–Trinajstić information content (AvgIpc) is 3.51. The second kappa shape index (κ2) is 13.0. The van der Waals surface area contributed by atoms with Gasteiger partial charge < -0.3 is 0 Å². The van der Waals surface area contributed by atoms with E-state index in [1.54, 1.807) is 0 Å². The van der Waals surface area contributed by atoms with Crippen LogP contribution in [0.1, 0.15) is 25.0 Å². The molecule has 0 unspecified atom stereocenters. The maximum Gasteiger partial charge on any atom is 0.161 e. The third-order valence-electron chi connectivity index (χ3n) is 12.1. The van der Waals surface area contributed by atoms with Crippen molar-refractivity contribution >= 4 is 32.3 Å². The molecule has 0 amide bonds. The van der Waals surface area contributed by atoms with E-state index in [4.69, 9.17) is 9.97 Å². The van der Waals surface area contributed by atoms with Crippen molar-refractivity contribution in [3.05, 3.63) is 205 Å². The van der Waals surface area contributed by atoms with E-state index in [1.165, 1.54) is 60.5 Å². The van der Waals surface area contributed by atoms with Crippen LogP contribution in [0.5, 0.6) is 0 Å². The standard InChI is InChI=1S/C55H38N2/c1-55(2)49-22-11-10-21-45(49)48-32-40(28-30-50(48)55)39-17-12-18-42(31-39)52-34-51(38-25-23-36(24-26-38)35-13-4-3-5-14-35)56-54(57-52)53-44-20-9-7-16-41(44)33-47-43-19-8-6-15-37(43)27-29-46(47)53/h3-34H,1-2H3. The van der Waals surface area contributed by atoms with Crippen molar-refractivity contribution in [1.82, 2.24) is 9.97 Å². The Morgan fingerprint density at radius 1 is 0.333 bits per heavy atom. The molecule has 0 bridgehead atoms. The predicted molar refractivity (Wildman–Crippen MR) is 239 cm³/mol. The van der Waals surface area contributed by atoms with Gasteiger partial charge in [0.1, 0.15) is 0 Å². The van der Waals surface area contributed by atoms with Gasteiger partial charge in [0.05, 0.1) is 11.4 Å². The molecule has 1 aliphatic carbocycles. The molecule has 0 N–H and O–H groups in total. The summed E-state index contributed by atoms with van der Waals surface area (Å²) in [5.74, 6) is 0.716. The van der Waals surface area contributed by atoms with E-state index in [9.17, 15) is 0 Å². The fraction of sp³-hybridized carbons (Fsp3) is 0.0545. The molecule has 0 radical (unpaired) electrons. The molecule has 0 saturated carbocycles. The minimum atomic E-state index is -0.0303. The van der Waals surface area contributed by atoms with Gasteiger partial charge in [0.15, 0.2) is 5.82 Å². The molecule has 0 atom stereocenters. The molecule has 1 aromatic heterocycles. The molecule has 0 saturated heterocycles. The summed E-state index contributed by atoms with van der Waals surface area (Å²) in [6, 6.07) is 70.2. The highest BCUT2D eigenvalue weighted by Gasteiger charge is 2.35. The van der Waals surface area contributed by atoms with Crippen LogP contribution in [0, 0.1) is 0 Å². The van der Waals surface area contributed by atoms with Crippen LogP contribution in [0.2, 0.25) is 0 Å². The number of fused-ring (bicyclic) bond motifs is 7. The van der Waals surface area contributed by atoms with Crippen LogP contribution in [-0.2, 0) is 5.41 Å². The maximum absolute atomic E-state index is 5.48. The summed E-state index contributed by atoms with van der Waals surface area (Å²) in [5.41, 5.74) is 15.0. The molecule has 2 nitrogen and oxygen atoms in total. The molecule has 268 valence electrons. The Balaban J connectivity index is 1.11. The van der Waals surface area contributed by atoms with Gasteiger partial charge in [0.2, 0.25) is 0 Å². The predicted octanol–water partition coefficient (Wildman–Crippen LogP) is 14.6. The molecule has 0 spiro atoms. The summed E-state index contributed by atoms with van der Waals surface area (Å²) < 4.78 is 0. The van der Waals surface area contributed by atoms with Crippen LogP contribution in [-0.4, -0.2) is 9.97 Å². The maximum atomic E-state index is 5.48. The van der Waals surface area contributed by atoms with E-state index < -0.39 is 0 Å². The largest absolute Gasteiger partial charge is 0.228 e. The second-order valence-electron chi connectivity index (χ2n) is 15.8. The van der Waals surface area contributed by atoms with Crippen LogP contribution in [0.3, 0.4) is 0 Å². The minimum Gasteiger partial charge on any atom is -0.228 e. The van der Waals surface area contributed by atoms with Crippen LogP contribution in [0.4, 0.5) is 0 Å². The van der Waals surface area contributed by atoms with Gasteiger partial charge in [0.25, 0.3) is 0 Å². The normalized spacial score (nSPS) is 12.9. The Morgan fingerprint density at radius 2 is 0.930 bits per heavy atom. The number of nitrogens with zero attached hydrogens (tertiary/aromatic N) is 2.